The number of amides is 1. The summed E-state index contributed by atoms with van der Waals surface area (Å²) < 4.78 is 21.6. The van der Waals surface area contributed by atoms with Gasteiger partial charge in [-0.1, -0.05) is 19.1 Å². The fourth-order valence-corrected chi connectivity index (χ4v) is 5.07. The van der Waals surface area contributed by atoms with E-state index in [-0.39, 0.29) is 23.6 Å². The fraction of sp³-hybridized carbons (Fsp3) is 0.565. The van der Waals surface area contributed by atoms with Crippen molar-refractivity contribution in [3.63, 3.8) is 0 Å². The van der Waals surface area contributed by atoms with E-state index in [9.17, 15) is 9.18 Å². The molecule has 0 bridgehead atoms. The number of piperidine rings is 1. The van der Waals surface area contributed by atoms with Crippen molar-refractivity contribution < 1.29 is 13.7 Å². The van der Waals surface area contributed by atoms with Crippen LogP contribution in [-0.4, -0.2) is 68.4 Å². The molecule has 2 saturated heterocycles. The lowest BCUT2D eigenvalue weighted by molar-refractivity contribution is -0.127. The SMILES string of the molecule is CCc1nn(-c2noc(C3CCN(C[C@H]4CCN(C(C)=O)C4)CC3)n2)c2c(F)cccc12. The Bertz CT molecular complexity index is 1120. The Morgan fingerprint density at radius 1 is 1.22 bits per heavy atom. The Labute approximate surface area is 186 Å². The van der Waals surface area contributed by atoms with Crippen LogP contribution in [-0.2, 0) is 11.2 Å². The van der Waals surface area contributed by atoms with Gasteiger partial charge in [-0.05, 0) is 55.9 Å². The van der Waals surface area contributed by atoms with Gasteiger partial charge in [-0.2, -0.15) is 14.8 Å². The Morgan fingerprint density at radius 2 is 2.03 bits per heavy atom. The van der Waals surface area contributed by atoms with Gasteiger partial charge in [0.15, 0.2) is 0 Å². The van der Waals surface area contributed by atoms with Crippen molar-refractivity contribution in [2.24, 2.45) is 5.92 Å². The van der Waals surface area contributed by atoms with Crippen LogP contribution in [0.5, 0.6) is 0 Å². The first kappa shape index (κ1) is 21.1. The summed E-state index contributed by atoms with van der Waals surface area (Å²) in [5, 5.41) is 9.44. The topological polar surface area (TPSA) is 80.3 Å². The van der Waals surface area contributed by atoms with Gasteiger partial charge in [-0.25, -0.2) is 4.39 Å². The maximum absolute atomic E-state index is 14.5. The van der Waals surface area contributed by atoms with Crippen LogP contribution in [0.1, 0.15) is 50.6 Å². The molecule has 2 aliphatic heterocycles. The molecule has 5 rings (SSSR count). The highest BCUT2D eigenvalue weighted by atomic mass is 19.1. The van der Waals surface area contributed by atoms with Gasteiger partial charge >= 0.3 is 0 Å². The Balaban J connectivity index is 1.25. The zero-order valence-electron chi connectivity index (χ0n) is 18.6. The molecule has 2 aliphatic rings. The number of nitrogens with zero attached hydrogens (tertiary/aromatic N) is 6. The Morgan fingerprint density at radius 3 is 2.75 bits per heavy atom. The molecule has 4 heterocycles. The quantitative estimate of drug-likeness (QED) is 0.606. The van der Waals surface area contributed by atoms with Crippen LogP contribution in [0.15, 0.2) is 22.7 Å². The third kappa shape index (κ3) is 3.90. The van der Waals surface area contributed by atoms with E-state index in [1.807, 2.05) is 17.9 Å². The first-order chi connectivity index (χ1) is 15.5. The van der Waals surface area contributed by atoms with Gasteiger partial charge in [0.2, 0.25) is 11.8 Å². The third-order valence-corrected chi connectivity index (χ3v) is 6.87. The Kier molecular flexibility index (Phi) is 5.67. The van der Waals surface area contributed by atoms with E-state index in [1.54, 1.807) is 13.0 Å². The van der Waals surface area contributed by atoms with E-state index in [2.05, 4.69) is 20.1 Å². The number of halogens is 1. The average Bonchev–Trinajstić information content (AvgIpc) is 3.53. The molecule has 0 N–H and O–H groups in total. The minimum Gasteiger partial charge on any atom is -0.343 e. The molecule has 2 fully saturated rings. The highest BCUT2D eigenvalue weighted by molar-refractivity contribution is 5.83. The molecule has 32 heavy (non-hydrogen) atoms. The lowest BCUT2D eigenvalue weighted by Crippen LogP contribution is -2.37. The highest BCUT2D eigenvalue weighted by Crippen LogP contribution is 2.30. The molecule has 0 saturated carbocycles. The first-order valence-electron chi connectivity index (χ1n) is 11.5. The number of carbonyl (C=O) groups excluding carboxylic acids is 1. The first-order valence-corrected chi connectivity index (χ1v) is 11.5. The number of hydrogen-bond donors (Lipinski definition) is 0. The van der Waals surface area contributed by atoms with E-state index >= 15 is 0 Å². The molecular weight excluding hydrogens is 411 g/mol. The van der Waals surface area contributed by atoms with E-state index in [4.69, 9.17) is 4.52 Å². The predicted octanol–water partition coefficient (Wildman–Crippen LogP) is 3.16. The normalized spacial score (nSPS) is 20.5. The highest BCUT2D eigenvalue weighted by Gasteiger charge is 2.30. The van der Waals surface area contributed by atoms with E-state index in [1.165, 1.54) is 10.7 Å². The number of para-hydroxylation sites is 1. The zero-order chi connectivity index (χ0) is 22.2. The molecule has 1 atom stereocenters. The molecule has 3 aromatic rings. The molecular formula is C23H29FN6O2. The molecule has 1 amide bonds. The molecule has 8 nitrogen and oxygen atoms in total. The van der Waals surface area contributed by atoms with Gasteiger partial charge in [0.1, 0.15) is 11.3 Å². The summed E-state index contributed by atoms with van der Waals surface area (Å²) in [6, 6.07) is 5.00. The van der Waals surface area contributed by atoms with Crippen LogP contribution in [0.2, 0.25) is 0 Å². The number of hydrogen-bond acceptors (Lipinski definition) is 6. The number of rotatable bonds is 5. The second-order valence-electron chi connectivity index (χ2n) is 8.98. The summed E-state index contributed by atoms with van der Waals surface area (Å²) in [4.78, 5) is 20.6. The lowest BCUT2D eigenvalue weighted by atomic mass is 9.95. The largest absolute Gasteiger partial charge is 0.343 e. The van der Waals surface area contributed by atoms with Crippen molar-refractivity contribution in [2.75, 3.05) is 32.7 Å². The maximum Gasteiger partial charge on any atom is 0.291 e. The van der Waals surface area contributed by atoms with Crippen LogP contribution >= 0.6 is 0 Å². The number of likely N-dealkylation sites (tertiary alicyclic amines) is 2. The van der Waals surface area contributed by atoms with Gasteiger partial charge in [-0.3, -0.25) is 4.79 Å². The summed E-state index contributed by atoms with van der Waals surface area (Å²) >= 11 is 0. The van der Waals surface area contributed by atoms with Crippen molar-refractivity contribution in [1.29, 1.82) is 0 Å². The molecule has 1 aromatic carbocycles. The summed E-state index contributed by atoms with van der Waals surface area (Å²) in [6.07, 6.45) is 3.67. The standard InChI is InChI=1S/C23H29FN6O2/c1-3-20-18-5-4-6-19(24)21(18)30(26-20)23-25-22(32-27-23)17-8-10-28(11-9-17)13-16-7-12-29(14-16)15(2)31/h4-6,16-17H,3,7-14H2,1-2H3/t16-/m1/s1. The van der Waals surface area contributed by atoms with Crippen LogP contribution in [0.3, 0.4) is 0 Å². The molecule has 0 unspecified atom stereocenters. The monoisotopic (exact) mass is 440 g/mol. The number of aryl methyl sites for hydroxylation is 1. The van der Waals surface area contributed by atoms with Gasteiger partial charge < -0.3 is 14.3 Å². The number of carbonyl (C=O) groups is 1. The second kappa shape index (κ2) is 8.61. The van der Waals surface area contributed by atoms with Crippen molar-refractivity contribution in [1.82, 2.24) is 29.7 Å². The van der Waals surface area contributed by atoms with Crippen LogP contribution in [0.25, 0.3) is 16.9 Å². The van der Waals surface area contributed by atoms with E-state index in [0.717, 1.165) is 63.1 Å². The molecule has 0 radical (unpaired) electrons. The summed E-state index contributed by atoms with van der Waals surface area (Å²) in [7, 11) is 0. The van der Waals surface area contributed by atoms with Crippen LogP contribution < -0.4 is 0 Å². The minimum atomic E-state index is -0.343. The second-order valence-corrected chi connectivity index (χ2v) is 8.98. The molecule has 0 spiro atoms. The van der Waals surface area contributed by atoms with Gasteiger partial charge in [-0.15, -0.1) is 0 Å². The van der Waals surface area contributed by atoms with Gasteiger partial charge in [0.05, 0.1) is 5.69 Å². The summed E-state index contributed by atoms with van der Waals surface area (Å²) in [6.45, 7) is 8.37. The lowest BCUT2D eigenvalue weighted by Gasteiger charge is -2.32. The third-order valence-electron chi connectivity index (χ3n) is 6.87. The molecule has 170 valence electrons. The van der Waals surface area contributed by atoms with Crippen molar-refractivity contribution >= 4 is 16.8 Å². The van der Waals surface area contributed by atoms with Crippen LogP contribution in [0, 0.1) is 11.7 Å². The number of fused-ring (bicyclic) bond motifs is 1. The van der Waals surface area contributed by atoms with Crippen molar-refractivity contribution in [2.45, 2.75) is 45.4 Å². The van der Waals surface area contributed by atoms with Gasteiger partial charge in [0, 0.05) is 37.9 Å². The molecule has 9 heteroatoms. The Hall–Kier alpha value is -2.81. The summed E-state index contributed by atoms with van der Waals surface area (Å²) in [5.41, 5.74) is 1.21. The minimum absolute atomic E-state index is 0.175. The fourth-order valence-electron chi connectivity index (χ4n) is 5.07. The maximum atomic E-state index is 14.5. The molecule has 0 aliphatic carbocycles. The van der Waals surface area contributed by atoms with Crippen molar-refractivity contribution in [3.8, 4) is 5.95 Å². The average molecular weight is 441 g/mol. The van der Waals surface area contributed by atoms with E-state index in [0.29, 0.717) is 23.7 Å². The molecule has 2 aromatic heterocycles. The summed E-state index contributed by atoms with van der Waals surface area (Å²) in [5.74, 6) is 1.47. The van der Waals surface area contributed by atoms with Crippen molar-refractivity contribution in [3.05, 3.63) is 35.6 Å². The predicted molar refractivity (Wildman–Crippen MR) is 117 cm³/mol. The van der Waals surface area contributed by atoms with E-state index < -0.39 is 0 Å². The van der Waals surface area contributed by atoms with Gasteiger partial charge in [0.25, 0.3) is 5.95 Å². The number of aromatic nitrogens is 4. The number of benzene rings is 1. The zero-order valence-corrected chi connectivity index (χ0v) is 18.6. The smallest absolute Gasteiger partial charge is 0.291 e. The van der Waals surface area contributed by atoms with Crippen LogP contribution in [0.4, 0.5) is 4.39 Å².